The fourth-order valence-corrected chi connectivity index (χ4v) is 6.54. The Bertz CT molecular complexity index is 638. The second-order valence-electron chi connectivity index (χ2n) is 10.7. The highest BCUT2D eigenvalue weighted by molar-refractivity contribution is 5.73. The Morgan fingerprint density at radius 1 is 1.08 bits per heavy atom. The Kier molecular flexibility index (Phi) is 3.70. The first kappa shape index (κ1) is 18.3. The molecule has 0 unspecified atom stereocenters. The Hall–Kier alpha value is -1.07. The van der Waals surface area contributed by atoms with Crippen molar-refractivity contribution in [2.45, 2.75) is 95.7 Å². The van der Waals surface area contributed by atoms with Crippen molar-refractivity contribution in [3.8, 4) is 0 Å². The molecular weight excluding hydrogens is 328 g/mol. The van der Waals surface area contributed by atoms with E-state index in [9.17, 15) is 9.90 Å². The molecule has 2 aliphatic carbocycles. The van der Waals surface area contributed by atoms with E-state index in [4.69, 9.17) is 4.74 Å². The standard InChI is InChI=1S/C21H34N2O3/c1-18(2)11-15(12-19(3,4)22-18)23-17(24)26-20(5,21(23,6)25)16-10-13-7-8-14(16)9-13/h7-8,13-16,22,25H,9-12H2,1-6H3/t13-,14-,16-,20+,21+/m0/s1. The summed E-state index contributed by atoms with van der Waals surface area (Å²) in [6.45, 7) is 12.4. The van der Waals surface area contributed by atoms with Crippen molar-refractivity contribution in [3.63, 3.8) is 0 Å². The second kappa shape index (κ2) is 5.26. The third kappa shape index (κ3) is 2.54. The quantitative estimate of drug-likeness (QED) is 0.739. The number of carbonyl (C=O) groups is 1. The first-order valence-corrected chi connectivity index (χ1v) is 10.1. The second-order valence-corrected chi connectivity index (χ2v) is 10.7. The number of hydrogen-bond acceptors (Lipinski definition) is 4. The highest BCUT2D eigenvalue weighted by atomic mass is 16.6. The van der Waals surface area contributed by atoms with E-state index in [1.807, 2.05) is 6.92 Å². The number of aliphatic hydroxyl groups is 1. The number of carbonyl (C=O) groups excluding carboxylic acids is 1. The number of allylic oxidation sites excluding steroid dienone is 2. The third-order valence-electron chi connectivity index (χ3n) is 7.43. The molecule has 146 valence electrons. The van der Waals surface area contributed by atoms with E-state index in [0.717, 1.165) is 25.7 Å². The summed E-state index contributed by atoms with van der Waals surface area (Å²) in [4.78, 5) is 14.7. The fraction of sp³-hybridized carbons (Fsp3) is 0.857. The van der Waals surface area contributed by atoms with E-state index in [1.165, 1.54) is 0 Å². The van der Waals surface area contributed by atoms with Crippen LogP contribution in [0.5, 0.6) is 0 Å². The lowest BCUT2D eigenvalue weighted by atomic mass is 9.72. The lowest BCUT2D eigenvalue weighted by Crippen LogP contribution is -2.67. The average Bonchev–Trinajstić information content (AvgIpc) is 3.09. The maximum absolute atomic E-state index is 13.0. The Labute approximate surface area is 157 Å². The van der Waals surface area contributed by atoms with Gasteiger partial charge in [0.1, 0.15) is 0 Å². The summed E-state index contributed by atoms with van der Waals surface area (Å²) in [5.74, 6) is 1.16. The predicted molar refractivity (Wildman–Crippen MR) is 101 cm³/mol. The topological polar surface area (TPSA) is 61.8 Å². The number of amides is 1. The molecule has 4 rings (SSSR count). The first-order valence-electron chi connectivity index (χ1n) is 10.1. The van der Waals surface area contributed by atoms with Crippen LogP contribution in [-0.4, -0.2) is 44.5 Å². The van der Waals surface area contributed by atoms with Crippen LogP contribution in [0.1, 0.15) is 67.2 Å². The molecule has 5 heteroatoms. The normalized spacial score (nSPS) is 46.8. The molecule has 0 aromatic heterocycles. The van der Waals surface area contributed by atoms with Gasteiger partial charge in [-0.15, -0.1) is 0 Å². The number of fused-ring (bicyclic) bond motifs is 2. The zero-order valence-electron chi connectivity index (χ0n) is 17.0. The summed E-state index contributed by atoms with van der Waals surface area (Å²) < 4.78 is 5.99. The number of cyclic esters (lactones) is 1. The summed E-state index contributed by atoms with van der Waals surface area (Å²) in [6, 6.07) is -0.0419. The molecule has 2 aliphatic heterocycles. The van der Waals surface area contributed by atoms with Crippen LogP contribution in [0.4, 0.5) is 4.79 Å². The molecule has 4 aliphatic rings. The van der Waals surface area contributed by atoms with Gasteiger partial charge in [0.25, 0.3) is 0 Å². The molecule has 5 nitrogen and oxygen atoms in total. The van der Waals surface area contributed by atoms with Gasteiger partial charge in [-0.25, -0.2) is 4.79 Å². The van der Waals surface area contributed by atoms with E-state index in [1.54, 1.807) is 11.8 Å². The van der Waals surface area contributed by atoms with Gasteiger partial charge in [0.05, 0.1) is 0 Å². The van der Waals surface area contributed by atoms with E-state index >= 15 is 0 Å². The molecule has 2 N–H and O–H groups in total. The van der Waals surface area contributed by atoms with E-state index in [-0.39, 0.29) is 29.1 Å². The number of nitrogens with one attached hydrogen (secondary N) is 1. The summed E-state index contributed by atoms with van der Waals surface area (Å²) in [7, 11) is 0. The van der Waals surface area contributed by atoms with Crippen LogP contribution in [0.25, 0.3) is 0 Å². The highest BCUT2D eigenvalue weighted by Gasteiger charge is 2.67. The minimum atomic E-state index is -1.30. The van der Waals surface area contributed by atoms with Gasteiger partial charge in [-0.2, -0.15) is 0 Å². The van der Waals surface area contributed by atoms with Crippen LogP contribution in [-0.2, 0) is 4.74 Å². The van der Waals surface area contributed by atoms with E-state index in [2.05, 4.69) is 45.2 Å². The molecule has 0 aromatic rings. The molecule has 0 aromatic carbocycles. The number of ether oxygens (including phenoxy) is 1. The zero-order valence-corrected chi connectivity index (χ0v) is 17.0. The van der Waals surface area contributed by atoms with Gasteiger partial charge in [-0.1, -0.05) is 12.2 Å². The minimum Gasteiger partial charge on any atom is -0.438 e. The number of rotatable bonds is 2. The lowest BCUT2D eigenvalue weighted by Gasteiger charge is -2.51. The molecule has 1 amide bonds. The third-order valence-corrected chi connectivity index (χ3v) is 7.43. The molecule has 2 heterocycles. The maximum atomic E-state index is 13.0. The summed E-state index contributed by atoms with van der Waals surface area (Å²) in [5, 5.41) is 15.3. The molecule has 5 atom stereocenters. The van der Waals surface area contributed by atoms with Gasteiger partial charge in [0.15, 0.2) is 11.3 Å². The van der Waals surface area contributed by atoms with Crippen molar-refractivity contribution in [3.05, 3.63) is 12.2 Å². The predicted octanol–water partition coefficient (Wildman–Crippen LogP) is 3.43. The van der Waals surface area contributed by atoms with Gasteiger partial charge < -0.3 is 15.2 Å². The molecule has 2 saturated heterocycles. The largest absolute Gasteiger partial charge is 0.438 e. The monoisotopic (exact) mass is 362 g/mol. The van der Waals surface area contributed by atoms with Crippen LogP contribution in [0.2, 0.25) is 0 Å². The smallest absolute Gasteiger partial charge is 0.413 e. The van der Waals surface area contributed by atoms with Gasteiger partial charge in [-0.05, 0) is 79.1 Å². The Morgan fingerprint density at radius 2 is 1.69 bits per heavy atom. The van der Waals surface area contributed by atoms with Crippen molar-refractivity contribution in [1.82, 2.24) is 10.2 Å². The summed E-state index contributed by atoms with van der Waals surface area (Å²) in [6.07, 6.45) is 7.91. The van der Waals surface area contributed by atoms with Crippen molar-refractivity contribution in [1.29, 1.82) is 0 Å². The van der Waals surface area contributed by atoms with Gasteiger partial charge >= 0.3 is 6.09 Å². The van der Waals surface area contributed by atoms with E-state index < -0.39 is 11.3 Å². The molecule has 2 bridgehead atoms. The van der Waals surface area contributed by atoms with Crippen LogP contribution in [0, 0.1) is 17.8 Å². The zero-order chi connectivity index (χ0) is 19.1. The average molecular weight is 363 g/mol. The number of piperidine rings is 1. The lowest BCUT2D eigenvalue weighted by molar-refractivity contribution is -0.177. The van der Waals surface area contributed by atoms with Crippen molar-refractivity contribution >= 4 is 6.09 Å². The molecule has 1 saturated carbocycles. The Morgan fingerprint density at radius 3 is 2.19 bits per heavy atom. The van der Waals surface area contributed by atoms with Crippen LogP contribution in [0.3, 0.4) is 0 Å². The Balaban J connectivity index is 1.66. The fourth-order valence-electron chi connectivity index (χ4n) is 6.54. The molecule has 0 spiro atoms. The van der Waals surface area contributed by atoms with Crippen molar-refractivity contribution < 1.29 is 14.6 Å². The molecule has 26 heavy (non-hydrogen) atoms. The summed E-state index contributed by atoms with van der Waals surface area (Å²) in [5.41, 5.74) is -2.37. The SMILES string of the molecule is CC1(C)CC(N2C(=O)O[C@](C)([C@H]3C[C@H]4C=C[C@H]3C4)[C@@]2(C)O)CC(C)(C)N1. The minimum absolute atomic E-state index is 0.0419. The van der Waals surface area contributed by atoms with Crippen LogP contribution in [0.15, 0.2) is 12.2 Å². The van der Waals surface area contributed by atoms with Crippen LogP contribution >= 0.6 is 0 Å². The molecule has 0 radical (unpaired) electrons. The summed E-state index contributed by atoms with van der Waals surface area (Å²) >= 11 is 0. The van der Waals surface area contributed by atoms with Gasteiger partial charge in [0, 0.05) is 23.0 Å². The molecule has 3 fully saturated rings. The van der Waals surface area contributed by atoms with Gasteiger partial charge in [0.2, 0.25) is 0 Å². The van der Waals surface area contributed by atoms with Crippen molar-refractivity contribution in [2.24, 2.45) is 17.8 Å². The highest BCUT2D eigenvalue weighted by Crippen LogP contribution is 2.56. The van der Waals surface area contributed by atoms with E-state index in [0.29, 0.717) is 11.8 Å². The number of hydrogen-bond donors (Lipinski definition) is 2. The first-order chi connectivity index (χ1) is 11.8. The number of nitrogens with zero attached hydrogens (tertiary/aromatic N) is 1. The van der Waals surface area contributed by atoms with Crippen LogP contribution < -0.4 is 5.32 Å². The van der Waals surface area contributed by atoms with Crippen molar-refractivity contribution in [2.75, 3.05) is 0 Å². The van der Waals surface area contributed by atoms with Gasteiger partial charge in [-0.3, -0.25) is 4.90 Å². The maximum Gasteiger partial charge on any atom is 0.413 e. The molecular formula is C21H34N2O3.